The predicted octanol–water partition coefficient (Wildman–Crippen LogP) is 4.04. The Labute approximate surface area is 146 Å². The van der Waals surface area contributed by atoms with Gasteiger partial charge in [-0.1, -0.05) is 29.3 Å². The summed E-state index contributed by atoms with van der Waals surface area (Å²) >= 11 is 12.3. The fourth-order valence-electron chi connectivity index (χ4n) is 2.44. The van der Waals surface area contributed by atoms with Gasteiger partial charge in [-0.2, -0.15) is 0 Å². The number of nitrogens with one attached hydrogen (secondary N) is 1. The maximum atomic E-state index is 12.2. The lowest BCUT2D eigenvalue weighted by Crippen LogP contribution is -2.10. The van der Waals surface area contributed by atoms with Gasteiger partial charge in [0.05, 0.1) is 15.9 Å². The molecular weight excluding hydrogens is 351 g/mol. The van der Waals surface area contributed by atoms with Crippen LogP contribution in [-0.2, 0) is 0 Å². The first-order valence-electron chi connectivity index (χ1n) is 7.07. The van der Waals surface area contributed by atoms with Gasteiger partial charge in [-0.05, 0) is 42.0 Å². The van der Waals surface area contributed by atoms with Crippen LogP contribution in [0.4, 0.5) is 0 Å². The number of fused-ring (bicyclic) bond motifs is 2. The first-order valence-corrected chi connectivity index (χ1v) is 7.82. The SMILES string of the molecule is O=c1[nH]c(/C(Cl)=C\c2ccc3c(c2)OCO3)nc2cc(Cl)ccc12. The molecule has 1 aliphatic rings. The van der Waals surface area contributed by atoms with Gasteiger partial charge in [0.15, 0.2) is 17.3 Å². The van der Waals surface area contributed by atoms with Crippen LogP contribution in [0.1, 0.15) is 11.4 Å². The number of nitrogens with zero attached hydrogens (tertiary/aromatic N) is 1. The Balaban J connectivity index is 1.77. The molecule has 120 valence electrons. The van der Waals surface area contributed by atoms with Crippen molar-refractivity contribution >= 4 is 45.2 Å². The van der Waals surface area contributed by atoms with Crippen molar-refractivity contribution in [2.75, 3.05) is 6.79 Å². The number of hydrogen-bond acceptors (Lipinski definition) is 4. The van der Waals surface area contributed by atoms with Crippen LogP contribution in [-0.4, -0.2) is 16.8 Å². The van der Waals surface area contributed by atoms with E-state index in [1.54, 1.807) is 36.4 Å². The van der Waals surface area contributed by atoms with E-state index >= 15 is 0 Å². The lowest BCUT2D eigenvalue weighted by Gasteiger charge is -2.03. The van der Waals surface area contributed by atoms with Gasteiger partial charge in [-0.25, -0.2) is 4.98 Å². The van der Waals surface area contributed by atoms with Crippen molar-refractivity contribution in [3.05, 3.63) is 63.2 Å². The van der Waals surface area contributed by atoms with E-state index in [4.69, 9.17) is 32.7 Å². The van der Waals surface area contributed by atoms with Crippen LogP contribution < -0.4 is 15.0 Å². The van der Waals surface area contributed by atoms with Crippen LogP contribution in [0.15, 0.2) is 41.2 Å². The number of rotatable bonds is 2. The van der Waals surface area contributed by atoms with Gasteiger partial charge in [-0.3, -0.25) is 4.79 Å². The maximum absolute atomic E-state index is 12.2. The van der Waals surface area contributed by atoms with E-state index in [0.29, 0.717) is 32.5 Å². The van der Waals surface area contributed by atoms with Crippen molar-refractivity contribution in [3.8, 4) is 11.5 Å². The highest BCUT2D eigenvalue weighted by Gasteiger charge is 2.13. The fourth-order valence-corrected chi connectivity index (χ4v) is 2.83. The molecule has 4 rings (SSSR count). The van der Waals surface area contributed by atoms with Crippen LogP contribution in [0.3, 0.4) is 0 Å². The molecule has 1 aromatic heterocycles. The molecule has 0 saturated carbocycles. The summed E-state index contributed by atoms with van der Waals surface area (Å²) in [5.41, 5.74) is 1.01. The molecule has 5 nitrogen and oxygen atoms in total. The maximum Gasteiger partial charge on any atom is 0.259 e. The second-order valence-corrected chi connectivity index (χ2v) is 6.02. The third-order valence-corrected chi connectivity index (χ3v) is 4.11. The molecule has 0 atom stereocenters. The summed E-state index contributed by atoms with van der Waals surface area (Å²) < 4.78 is 10.6. The number of benzene rings is 2. The molecule has 0 fully saturated rings. The molecule has 1 N–H and O–H groups in total. The average molecular weight is 361 g/mol. The summed E-state index contributed by atoms with van der Waals surface area (Å²) in [5.74, 6) is 1.62. The van der Waals surface area contributed by atoms with Gasteiger partial charge < -0.3 is 14.5 Å². The zero-order valence-electron chi connectivity index (χ0n) is 12.2. The summed E-state index contributed by atoms with van der Waals surface area (Å²) in [6.07, 6.45) is 1.69. The number of aromatic amines is 1. The second kappa shape index (κ2) is 5.85. The van der Waals surface area contributed by atoms with Crippen LogP contribution in [0, 0.1) is 0 Å². The van der Waals surface area contributed by atoms with Crippen molar-refractivity contribution in [3.63, 3.8) is 0 Å². The lowest BCUT2D eigenvalue weighted by atomic mass is 10.2. The van der Waals surface area contributed by atoms with Gasteiger partial charge in [0.2, 0.25) is 6.79 Å². The quantitative estimate of drug-likeness (QED) is 0.748. The smallest absolute Gasteiger partial charge is 0.259 e. The average Bonchev–Trinajstić information content (AvgIpc) is 3.02. The minimum Gasteiger partial charge on any atom is -0.454 e. The summed E-state index contributed by atoms with van der Waals surface area (Å²) in [6, 6.07) is 10.3. The van der Waals surface area contributed by atoms with Gasteiger partial charge in [0.25, 0.3) is 5.56 Å². The zero-order valence-corrected chi connectivity index (χ0v) is 13.7. The van der Waals surface area contributed by atoms with E-state index < -0.39 is 0 Å². The topological polar surface area (TPSA) is 64.2 Å². The van der Waals surface area contributed by atoms with Crippen molar-refractivity contribution in [1.82, 2.24) is 9.97 Å². The van der Waals surface area contributed by atoms with Gasteiger partial charge in [0.1, 0.15) is 0 Å². The van der Waals surface area contributed by atoms with Crippen LogP contribution in [0.2, 0.25) is 5.02 Å². The fraction of sp³-hybridized carbons (Fsp3) is 0.0588. The molecule has 3 aromatic rings. The Bertz CT molecular complexity index is 1040. The molecule has 0 radical (unpaired) electrons. The molecule has 7 heteroatoms. The van der Waals surface area contributed by atoms with Gasteiger partial charge >= 0.3 is 0 Å². The molecule has 24 heavy (non-hydrogen) atoms. The van der Waals surface area contributed by atoms with Crippen LogP contribution >= 0.6 is 23.2 Å². The van der Waals surface area contributed by atoms with Gasteiger partial charge in [0, 0.05) is 5.02 Å². The molecule has 2 heterocycles. The summed E-state index contributed by atoms with van der Waals surface area (Å²) in [4.78, 5) is 19.2. The number of hydrogen-bond donors (Lipinski definition) is 1. The molecular formula is C17H10Cl2N2O3. The first-order chi connectivity index (χ1) is 11.6. The first kappa shape index (κ1) is 15.1. The van der Waals surface area contributed by atoms with Crippen LogP contribution in [0.25, 0.3) is 22.0 Å². The Kier molecular flexibility index (Phi) is 3.67. The number of H-pyrrole nitrogens is 1. The molecule has 0 amide bonds. The Morgan fingerprint density at radius 3 is 2.88 bits per heavy atom. The molecule has 0 spiro atoms. The Morgan fingerprint density at radius 1 is 1.17 bits per heavy atom. The van der Waals surface area contributed by atoms with Crippen molar-refractivity contribution in [2.24, 2.45) is 0 Å². The lowest BCUT2D eigenvalue weighted by molar-refractivity contribution is 0.174. The van der Waals surface area contributed by atoms with Crippen molar-refractivity contribution < 1.29 is 9.47 Å². The van der Waals surface area contributed by atoms with Gasteiger partial charge in [-0.15, -0.1) is 0 Å². The number of aromatic nitrogens is 2. The minimum atomic E-state index is -0.274. The molecule has 0 bridgehead atoms. The highest BCUT2D eigenvalue weighted by molar-refractivity contribution is 6.50. The summed E-state index contributed by atoms with van der Waals surface area (Å²) in [7, 11) is 0. The zero-order chi connectivity index (χ0) is 16.7. The van der Waals surface area contributed by atoms with Crippen molar-refractivity contribution in [1.29, 1.82) is 0 Å². The van der Waals surface area contributed by atoms with E-state index in [0.717, 1.165) is 5.56 Å². The standard InChI is InChI=1S/C17H10Cl2N2O3/c18-10-2-3-11-13(7-10)20-16(21-17(11)22)12(19)5-9-1-4-14-15(6-9)24-8-23-14/h1-7H,8H2,(H,20,21,22)/b12-5+. The highest BCUT2D eigenvalue weighted by atomic mass is 35.5. The van der Waals surface area contributed by atoms with E-state index in [1.807, 2.05) is 6.07 Å². The van der Waals surface area contributed by atoms with E-state index in [2.05, 4.69) is 9.97 Å². The van der Waals surface area contributed by atoms with Crippen molar-refractivity contribution in [2.45, 2.75) is 0 Å². The van der Waals surface area contributed by atoms with E-state index in [9.17, 15) is 4.79 Å². The second-order valence-electron chi connectivity index (χ2n) is 5.18. The minimum absolute atomic E-state index is 0.205. The van der Waals surface area contributed by atoms with Crippen LogP contribution in [0.5, 0.6) is 11.5 Å². The third-order valence-electron chi connectivity index (χ3n) is 3.58. The molecule has 0 unspecified atom stereocenters. The summed E-state index contributed by atoms with van der Waals surface area (Å²) in [6.45, 7) is 0.205. The monoisotopic (exact) mass is 360 g/mol. The Morgan fingerprint density at radius 2 is 2.00 bits per heavy atom. The normalized spacial score (nSPS) is 13.5. The van der Waals surface area contributed by atoms with E-state index in [1.165, 1.54) is 0 Å². The number of ether oxygens (including phenoxy) is 2. The summed E-state index contributed by atoms with van der Waals surface area (Å²) in [5, 5.41) is 1.26. The molecule has 0 saturated heterocycles. The number of halogens is 2. The largest absolute Gasteiger partial charge is 0.454 e. The predicted molar refractivity (Wildman–Crippen MR) is 93.7 cm³/mol. The molecule has 1 aliphatic heterocycles. The highest BCUT2D eigenvalue weighted by Crippen LogP contribution is 2.33. The molecule has 0 aliphatic carbocycles. The third kappa shape index (κ3) is 2.72. The van der Waals surface area contributed by atoms with E-state index in [-0.39, 0.29) is 18.2 Å². The Hall–Kier alpha value is -2.50. The molecule has 2 aromatic carbocycles.